The van der Waals surface area contributed by atoms with E-state index in [-0.39, 0.29) is 24.2 Å². The molecule has 0 aliphatic carbocycles. The average molecular weight is 280 g/mol. The summed E-state index contributed by atoms with van der Waals surface area (Å²) in [5, 5.41) is 11.7. The van der Waals surface area contributed by atoms with Crippen LogP contribution < -0.4 is 5.32 Å². The zero-order valence-electron chi connectivity index (χ0n) is 12.7. The molecule has 0 spiro atoms. The van der Waals surface area contributed by atoms with Crippen LogP contribution in [-0.2, 0) is 6.42 Å². The number of aromatic nitrogens is 1. The molecule has 20 heavy (non-hydrogen) atoms. The molecule has 0 aromatic carbocycles. The summed E-state index contributed by atoms with van der Waals surface area (Å²) in [7, 11) is 0. The number of carbonyl (C=O) groups excluding carboxylic acids is 2. The van der Waals surface area contributed by atoms with Gasteiger partial charge in [0.2, 0.25) is 0 Å². The third-order valence-corrected chi connectivity index (χ3v) is 3.46. The van der Waals surface area contributed by atoms with E-state index in [1.807, 2.05) is 13.8 Å². The number of H-pyrrole nitrogens is 1. The fourth-order valence-corrected chi connectivity index (χ4v) is 2.38. The van der Waals surface area contributed by atoms with Crippen molar-refractivity contribution in [2.24, 2.45) is 5.92 Å². The SMILES string of the molecule is CCc1c(C(=O)NCC(C)CCO)[nH]c(C)c1C(C)=O. The molecular weight excluding hydrogens is 256 g/mol. The summed E-state index contributed by atoms with van der Waals surface area (Å²) in [5.74, 6) is 0.00269. The molecule has 0 bridgehead atoms. The minimum absolute atomic E-state index is 0.0247. The molecule has 1 aromatic heterocycles. The predicted molar refractivity (Wildman–Crippen MR) is 78.1 cm³/mol. The van der Waals surface area contributed by atoms with Crippen LogP contribution >= 0.6 is 0 Å². The summed E-state index contributed by atoms with van der Waals surface area (Å²) in [6.07, 6.45) is 1.29. The summed E-state index contributed by atoms with van der Waals surface area (Å²) in [5.41, 5.74) is 2.62. The Morgan fingerprint density at radius 2 is 2.05 bits per heavy atom. The monoisotopic (exact) mass is 280 g/mol. The van der Waals surface area contributed by atoms with Crippen LogP contribution in [0.3, 0.4) is 0 Å². The highest BCUT2D eigenvalue weighted by Crippen LogP contribution is 2.20. The number of amides is 1. The number of aliphatic hydroxyl groups excluding tert-OH is 1. The number of nitrogens with one attached hydrogen (secondary N) is 2. The Morgan fingerprint density at radius 1 is 1.40 bits per heavy atom. The van der Waals surface area contributed by atoms with Crippen LogP contribution in [0, 0.1) is 12.8 Å². The Morgan fingerprint density at radius 3 is 2.55 bits per heavy atom. The smallest absolute Gasteiger partial charge is 0.268 e. The first kappa shape index (κ1) is 16.4. The maximum atomic E-state index is 12.2. The van der Waals surface area contributed by atoms with E-state index in [4.69, 9.17) is 5.11 Å². The molecule has 112 valence electrons. The highest BCUT2D eigenvalue weighted by Gasteiger charge is 2.21. The number of Topliss-reactive ketones (excluding diaryl/α,β-unsaturated/α-hetero) is 1. The first-order chi connectivity index (χ1) is 9.42. The molecule has 5 nitrogen and oxygen atoms in total. The molecule has 0 aliphatic heterocycles. The van der Waals surface area contributed by atoms with E-state index in [1.54, 1.807) is 6.92 Å². The van der Waals surface area contributed by atoms with Gasteiger partial charge in [-0.05, 0) is 38.2 Å². The van der Waals surface area contributed by atoms with Crippen molar-refractivity contribution in [2.45, 2.75) is 40.5 Å². The van der Waals surface area contributed by atoms with Crippen molar-refractivity contribution in [3.63, 3.8) is 0 Å². The molecule has 1 unspecified atom stereocenters. The topological polar surface area (TPSA) is 82.2 Å². The molecule has 3 N–H and O–H groups in total. The van der Waals surface area contributed by atoms with E-state index >= 15 is 0 Å². The largest absolute Gasteiger partial charge is 0.396 e. The second-order valence-corrected chi connectivity index (χ2v) is 5.22. The second kappa shape index (κ2) is 7.24. The Bertz CT molecular complexity index is 492. The maximum Gasteiger partial charge on any atom is 0.268 e. The molecule has 1 heterocycles. The van der Waals surface area contributed by atoms with Crippen LogP contribution in [0.1, 0.15) is 59.3 Å². The zero-order chi connectivity index (χ0) is 15.3. The van der Waals surface area contributed by atoms with E-state index in [0.29, 0.717) is 30.6 Å². The summed E-state index contributed by atoms with van der Waals surface area (Å²) in [6, 6.07) is 0. The van der Waals surface area contributed by atoms with Crippen molar-refractivity contribution >= 4 is 11.7 Å². The number of aryl methyl sites for hydroxylation is 1. The van der Waals surface area contributed by atoms with Gasteiger partial charge >= 0.3 is 0 Å². The average Bonchev–Trinajstić information content (AvgIpc) is 2.73. The van der Waals surface area contributed by atoms with Crippen molar-refractivity contribution in [1.29, 1.82) is 0 Å². The van der Waals surface area contributed by atoms with Gasteiger partial charge in [-0.2, -0.15) is 0 Å². The number of hydrogen-bond donors (Lipinski definition) is 3. The lowest BCUT2D eigenvalue weighted by Crippen LogP contribution is -2.29. The van der Waals surface area contributed by atoms with Crippen molar-refractivity contribution < 1.29 is 14.7 Å². The molecule has 1 amide bonds. The lowest BCUT2D eigenvalue weighted by atomic mass is 10.0. The van der Waals surface area contributed by atoms with Gasteiger partial charge in [-0.25, -0.2) is 0 Å². The van der Waals surface area contributed by atoms with E-state index in [0.717, 1.165) is 11.3 Å². The van der Waals surface area contributed by atoms with Gasteiger partial charge < -0.3 is 15.4 Å². The fourth-order valence-electron chi connectivity index (χ4n) is 2.38. The second-order valence-electron chi connectivity index (χ2n) is 5.22. The van der Waals surface area contributed by atoms with Crippen molar-refractivity contribution in [3.8, 4) is 0 Å². The van der Waals surface area contributed by atoms with Gasteiger partial charge in [-0.3, -0.25) is 9.59 Å². The summed E-state index contributed by atoms with van der Waals surface area (Å²) >= 11 is 0. The van der Waals surface area contributed by atoms with E-state index in [9.17, 15) is 9.59 Å². The Labute approximate surface area is 119 Å². The quantitative estimate of drug-likeness (QED) is 0.666. The highest BCUT2D eigenvalue weighted by atomic mass is 16.3. The number of carbonyl (C=O) groups is 2. The van der Waals surface area contributed by atoms with Gasteiger partial charge in [0.05, 0.1) is 0 Å². The molecular formula is C15H24N2O3. The number of aromatic amines is 1. The number of rotatable bonds is 7. The van der Waals surface area contributed by atoms with Crippen LogP contribution in [0.25, 0.3) is 0 Å². The highest BCUT2D eigenvalue weighted by molar-refractivity contribution is 6.02. The number of hydrogen-bond acceptors (Lipinski definition) is 3. The van der Waals surface area contributed by atoms with Gasteiger partial charge in [-0.1, -0.05) is 13.8 Å². The normalized spacial score (nSPS) is 12.2. The van der Waals surface area contributed by atoms with Crippen LogP contribution in [0.15, 0.2) is 0 Å². The first-order valence-corrected chi connectivity index (χ1v) is 7.03. The lowest BCUT2D eigenvalue weighted by molar-refractivity contribution is 0.0940. The van der Waals surface area contributed by atoms with Crippen LogP contribution in [0.2, 0.25) is 0 Å². The Hall–Kier alpha value is -1.62. The van der Waals surface area contributed by atoms with E-state index in [2.05, 4.69) is 10.3 Å². The molecule has 1 atom stereocenters. The van der Waals surface area contributed by atoms with E-state index < -0.39 is 0 Å². The minimum atomic E-state index is -0.192. The minimum Gasteiger partial charge on any atom is -0.396 e. The summed E-state index contributed by atoms with van der Waals surface area (Å²) < 4.78 is 0. The van der Waals surface area contributed by atoms with Gasteiger partial charge in [0.15, 0.2) is 5.78 Å². The first-order valence-electron chi connectivity index (χ1n) is 7.03. The maximum absolute atomic E-state index is 12.2. The number of aliphatic hydroxyl groups is 1. The predicted octanol–water partition coefficient (Wildman–Crippen LogP) is 1.84. The van der Waals surface area contributed by atoms with Crippen LogP contribution in [-0.4, -0.2) is 34.9 Å². The summed E-state index contributed by atoms with van der Waals surface area (Å²) in [4.78, 5) is 26.9. The van der Waals surface area contributed by atoms with Crippen molar-refractivity contribution in [3.05, 3.63) is 22.5 Å². The molecule has 1 rings (SSSR count). The van der Waals surface area contributed by atoms with Gasteiger partial charge in [0, 0.05) is 24.4 Å². The van der Waals surface area contributed by atoms with Crippen molar-refractivity contribution in [2.75, 3.05) is 13.2 Å². The van der Waals surface area contributed by atoms with Gasteiger partial charge in [0.25, 0.3) is 5.91 Å². The molecule has 5 heteroatoms. The Kier molecular flexibility index (Phi) is 5.95. The number of ketones is 1. The third-order valence-electron chi connectivity index (χ3n) is 3.46. The van der Waals surface area contributed by atoms with Crippen LogP contribution in [0.5, 0.6) is 0 Å². The summed E-state index contributed by atoms with van der Waals surface area (Å²) in [6.45, 7) is 7.85. The molecule has 1 aromatic rings. The standard InChI is InChI=1S/C15H24N2O3/c1-5-12-13(11(4)19)10(3)17-14(12)15(20)16-8-9(2)6-7-18/h9,17-18H,5-8H2,1-4H3,(H,16,20). The third kappa shape index (κ3) is 3.70. The van der Waals surface area contributed by atoms with Gasteiger partial charge in [-0.15, -0.1) is 0 Å². The Balaban J connectivity index is 2.88. The molecule has 0 fully saturated rings. The molecule has 0 aliphatic rings. The molecule has 0 saturated heterocycles. The lowest BCUT2D eigenvalue weighted by Gasteiger charge is -2.11. The zero-order valence-corrected chi connectivity index (χ0v) is 12.7. The van der Waals surface area contributed by atoms with Crippen molar-refractivity contribution in [1.82, 2.24) is 10.3 Å². The van der Waals surface area contributed by atoms with Gasteiger partial charge in [0.1, 0.15) is 5.69 Å². The molecule has 0 saturated carbocycles. The molecule has 0 radical (unpaired) electrons. The van der Waals surface area contributed by atoms with Crippen LogP contribution in [0.4, 0.5) is 0 Å². The van der Waals surface area contributed by atoms with E-state index in [1.165, 1.54) is 6.92 Å². The fraction of sp³-hybridized carbons (Fsp3) is 0.600.